The number of carbonyl (C=O) groups is 1. The van der Waals surface area contributed by atoms with Crippen LogP contribution in [-0.2, 0) is 0 Å². The van der Waals surface area contributed by atoms with Crippen molar-refractivity contribution >= 4 is 11.7 Å². The van der Waals surface area contributed by atoms with Crippen LogP contribution >= 0.6 is 0 Å². The van der Waals surface area contributed by atoms with Crippen molar-refractivity contribution in [3.8, 4) is 11.5 Å². The molecule has 0 saturated heterocycles. The highest BCUT2D eigenvalue weighted by atomic mass is 16.5. The zero-order valence-corrected chi connectivity index (χ0v) is 11.6. The normalized spacial score (nSPS) is 10.2. The van der Waals surface area contributed by atoms with Crippen molar-refractivity contribution in [2.24, 2.45) is 0 Å². The topological polar surface area (TPSA) is 50.4 Å². The summed E-state index contributed by atoms with van der Waals surface area (Å²) < 4.78 is 5.71. The molecule has 2 N–H and O–H groups in total. The molecule has 20 heavy (non-hydrogen) atoms. The molecule has 0 aromatic heterocycles. The second kappa shape index (κ2) is 6.61. The standard InChI is InChI=1S/C16H18N2O2/c1-12(2)17-16(19)18-13-7-6-10-15(11-13)20-14-8-4-3-5-9-14/h3-12H,1-2H3,(H2,17,18,19). The molecule has 0 aliphatic carbocycles. The lowest BCUT2D eigenvalue weighted by Crippen LogP contribution is -2.34. The molecule has 0 spiro atoms. The molecule has 2 rings (SSSR count). The Balaban J connectivity index is 2.03. The van der Waals surface area contributed by atoms with Gasteiger partial charge in [0, 0.05) is 17.8 Å². The summed E-state index contributed by atoms with van der Waals surface area (Å²) in [5, 5.41) is 5.54. The van der Waals surface area contributed by atoms with Crippen LogP contribution in [-0.4, -0.2) is 12.1 Å². The maximum Gasteiger partial charge on any atom is 0.319 e. The van der Waals surface area contributed by atoms with Gasteiger partial charge in [-0.3, -0.25) is 0 Å². The van der Waals surface area contributed by atoms with Crippen LogP contribution in [0, 0.1) is 0 Å². The SMILES string of the molecule is CC(C)NC(=O)Nc1cccc(Oc2ccccc2)c1. The Labute approximate surface area is 118 Å². The molecule has 0 heterocycles. The summed E-state index contributed by atoms with van der Waals surface area (Å²) in [5.41, 5.74) is 0.691. The Morgan fingerprint density at radius 2 is 1.70 bits per heavy atom. The first-order valence-corrected chi connectivity index (χ1v) is 6.54. The van der Waals surface area contributed by atoms with E-state index in [4.69, 9.17) is 4.74 Å². The molecule has 2 amide bonds. The van der Waals surface area contributed by atoms with Crippen molar-refractivity contribution in [3.63, 3.8) is 0 Å². The molecular formula is C16H18N2O2. The molecule has 4 nitrogen and oxygen atoms in total. The molecule has 0 radical (unpaired) electrons. The number of ether oxygens (including phenoxy) is 1. The maximum atomic E-state index is 11.6. The quantitative estimate of drug-likeness (QED) is 0.882. The maximum absolute atomic E-state index is 11.6. The number of para-hydroxylation sites is 1. The van der Waals surface area contributed by atoms with Gasteiger partial charge in [-0.15, -0.1) is 0 Å². The van der Waals surface area contributed by atoms with E-state index in [9.17, 15) is 4.79 Å². The van der Waals surface area contributed by atoms with Crippen molar-refractivity contribution in [3.05, 3.63) is 54.6 Å². The minimum absolute atomic E-state index is 0.0961. The molecule has 104 valence electrons. The summed E-state index contributed by atoms with van der Waals surface area (Å²) in [6, 6.07) is 16.7. The summed E-state index contributed by atoms with van der Waals surface area (Å²) in [4.78, 5) is 11.6. The number of amides is 2. The van der Waals surface area contributed by atoms with Crippen LogP contribution < -0.4 is 15.4 Å². The molecule has 0 bridgehead atoms. The van der Waals surface area contributed by atoms with Gasteiger partial charge in [0.1, 0.15) is 11.5 Å². The van der Waals surface area contributed by atoms with Crippen molar-refractivity contribution in [1.29, 1.82) is 0 Å². The van der Waals surface area contributed by atoms with Crippen LogP contribution in [0.25, 0.3) is 0 Å². The summed E-state index contributed by atoms with van der Waals surface area (Å²) in [7, 11) is 0. The molecule has 4 heteroatoms. The highest BCUT2D eigenvalue weighted by molar-refractivity contribution is 5.89. The summed E-state index contributed by atoms with van der Waals surface area (Å²) in [6.45, 7) is 3.82. The van der Waals surface area contributed by atoms with Crippen LogP contribution in [0.4, 0.5) is 10.5 Å². The molecule has 2 aromatic rings. The second-order valence-electron chi connectivity index (χ2n) is 4.70. The molecule has 0 fully saturated rings. The number of carbonyl (C=O) groups excluding carboxylic acids is 1. The Hall–Kier alpha value is -2.49. The largest absolute Gasteiger partial charge is 0.457 e. The van der Waals surface area contributed by atoms with E-state index in [-0.39, 0.29) is 12.1 Å². The van der Waals surface area contributed by atoms with Gasteiger partial charge in [0.2, 0.25) is 0 Å². The van der Waals surface area contributed by atoms with E-state index in [0.717, 1.165) is 5.75 Å². The summed E-state index contributed by atoms with van der Waals surface area (Å²) >= 11 is 0. The Bertz CT molecular complexity index is 568. The fourth-order valence-corrected chi connectivity index (χ4v) is 1.69. The van der Waals surface area contributed by atoms with Crippen molar-refractivity contribution in [2.75, 3.05) is 5.32 Å². The predicted octanol–water partition coefficient (Wildman–Crippen LogP) is 4.01. The van der Waals surface area contributed by atoms with Gasteiger partial charge in [-0.2, -0.15) is 0 Å². The van der Waals surface area contributed by atoms with Gasteiger partial charge in [0.15, 0.2) is 0 Å². The average Bonchev–Trinajstić information content (AvgIpc) is 2.39. The van der Waals surface area contributed by atoms with E-state index in [0.29, 0.717) is 11.4 Å². The van der Waals surface area contributed by atoms with Crippen molar-refractivity contribution in [1.82, 2.24) is 5.32 Å². The number of rotatable bonds is 4. The smallest absolute Gasteiger partial charge is 0.319 e. The van der Waals surface area contributed by atoms with E-state index in [1.54, 1.807) is 6.07 Å². The van der Waals surface area contributed by atoms with Gasteiger partial charge in [0.05, 0.1) is 0 Å². The third-order valence-electron chi connectivity index (χ3n) is 2.49. The van der Waals surface area contributed by atoms with E-state index in [1.807, 2.05) is 62.4 Å². The van der Waals surface area contributed by atoms with E-state index in [1.165, 1.54) is 0 Å². The van der Waals surface area contributed by atoms with E-state index in [2.05, 4.69) is 10.6 Å². The number of benzene rings is 2. The fraction of sp³-hybridized carbons (Fsp3) is 0.188. The van der Waals surface area contributed by atoms with Crippen molar-refractivity contribution < 1.29 is 9.53 Å². The van der Waals surface area contributed by atoms with Gasteiger partial charge in [-0.05, 0) is 38.1 Å². The average molecular weight is 270 g/mol. The van der Waals surface area contributed by atoms with Crippen LogP contribution in [0.3, 0.4) is 0 Å². The molecular weight excluding hydrogens is 252 g/mol. The first-order valence-electron chi connectivity index (χ1n) is 6.54. The second-order valence-corrected chi connectivity index (χ2v) is 4.70. The minimum Gasteiger partial charge on any atom is -0.457 e. The van der Waals surface area contributed by atoms with Gasteiger partial charge >= 0.3 is 6.03 Å². The zero-order valence-electron chi connectivity index (χ0n) is 11.6. The first-order chi connectivity index (χ1) is 9.63. The summed E-state index contributed by atoms with van der Waals surface area (Å²) in [6.07, 6.45) is 0. The number of hydrogen-bond donors (Lipinski definition) is 2. The van der Waals surface area contributed by atoms with Crippen LogP contribution in [0.2, 0.25) is 0 Å². The molecule has 0 aliphatic rings. The van der Waals surface area contributed by atoms with Gasteiger partial charge in [-0.1, -0.05) is 24.3 Å². The van der Waals surface area contributed by atoms with Crippen LogP contribution in [0.1, 0.15) is 13.8 Å². The van der Waals surface area contributed by atoms with E-state index >= 15 is 0 Å². The Kier molecular flexibility index (Phi) is 4.60. The zero-order chi connectivity index (χ0) is 14.4. The monoisotopic (exact) mass is 270 g/mol. The predicted molar refractivity (Wildman–Crippen MR) is 80.2 cm³/mol. The third kappa shape index (κ3) is 4.31. The Morgan fingerprint density at radius 3 is 2.40 bits per heavy atom. The fourth-order valence-electron chi connectivity index (χ4n) is 1.69. The van der Waals surface area contributed by atoms with E-state index < -0.39 is 0 Å². The highest BCUT2D eigenvalue weighted by Crippen LogP contribution is 2.23. The number of nitrogens with one attached hydrogen (secondary N) is 2. The first kappa shape index (κ1) is 13.9. The lowest BCUT2D eigenvalue weighted by atomic mass is 10.3. The number of anilines is 1. The molecule has 0 unspecified atom stereocenters. The number of hydrogen-bond acceptors (Lipinski definition) is 2. The highest BCUT2D eigenvalue weighted by Gasteiger charge is 2.04. The van der Waals surface area contributed by atoms with Gasteiger partial charge in [0.25, 0.3) is 0 Å². The van der Waals surface area contributed by atoms with Gasteiger partial charge in [-0.25, -0.2) is 4.79 Å². The lowest BCUT2D eigenvalue weighted by molar-refractivity contribution is 0.250. The third-order valence-corrected chi connectivity index (χ3v) is 2.49. The molecule has 0 aliphatic heterocycles. The molecule has 0 atom stereocenters. The Morgan fingerprint density at radius 1 is 1.00 bits per heavy atom. The van der Waals surface area contributed by atoms with Gasteiger partial charge < -0.3 is 15.4 Å². The lowest BCUT2D eigenvalue weighted by Gasteiger charge is -2.11. The van der Waals surface area contributed by atoms with Crippen molar-refractivity contribution in [2.45, 2.75) is 19.9 Å². The van der Waals surface area contributed by atoms with Crippen LogP contribution in [0.5, 0.6) is 11.5 Å². The molecule has 2 aromatic carbocycles. The van der Waals surface area contributed by atoms with Crippen LogP contribution in [0.15, 0.2) is 54.6 Å². The summed E-state index contributed by atoms with van der Waals surface area (Å²) in [5.74, 6) is 1.44. The number of urea groups is 1. The molecule has 0 saturated carbocycles. The minimum atomic E-state index is -0.225.